The van der Waals surface area contributed by atoms with Crippen molar-refractivity contribution >= 4 is 11.0 Å². The number of rotatable bonds is 3. The molecule has 3 rings (SSSR count). The van der Waals surface area contributed by atoms with Crippen LogP contribution in [0.2, 0.25) is 0 Å². The van der Waals surface area contributed by atoms with Gasteiger partial charge in [-0.1, -0.05) is 12.1 Å². The van der Waals surface area contributed by atoms with Crippen LogP contribution in [-0.4, -0.2) is 58.2 Å². The summed E-state index contributed by atoms with van der Waals surface area (Å²) in [5.41, 5.74) is 8.15. The summed E-state index contributed by atoms with van der Waals surface area (Å²) < 4.78 is 5.43. The maximum absolute atomic E-state index is 6.03. The van der Waals surface area contributed by atoms with Gasteiger partial charge < -0.3 is 26.4 Å². The van der Waals surface area contributed by atoms with E-state index in [2.05, 4.69) is 20.9 Å². The zero-order chi connectivity index (χ0) is 13.2. The molecular weight excluding hydrogens is 272 g/mol. The van der Waals surface area contributed by atoms with Crippen LogP contribution in [0.1, 0.15) is 12.2 Å². The SMILES string of the molecule is COC1CN(Cc2nc3ccccc3[nH]2)CCC1N.O.O. The third kappa shape index (κ3) is 3.78. The third-order valence-corrected chi connectivity index (χ3v) is 3.81. The lowest BCUT2D eigenvalue weighted by molar-refractivity contribution is 0.0133. The number of imidazole rings is 1. The Labute approximate surface area is 123 Å². The number of methoxy groups -OCH3 is 1. The number of nitrogens with zero attached hydrogens (tertiary/aromatic N) is 2. The molecule has 118 valence electrons. The van der Waals surface area contributed by atoms with Crippen molar-refractivity contribution in [1.82, 2.24) is 14.9 Å². The molecule has 1 aliphatic rings. The molecule has 0 aliphatic carbocycles. The zero-order valence-corrected chi connectivity index (χ0v) is 12.2. The Kier molecular flexibility index (Phi) is 6.25. The number of ether oxygens (including phenoxy) is 1. The number of hydrogen-bond donors (Lipinski definition) is 2. The van der Waals surface area contributed by atoms with Gasteiger partial charge >= 0.3 is 0 Å². The number of H-pyrrole nitrogens is 1. The maximum atomic E-state index is 6.03. The molecule has 2 heterocycles. The Hall–Kier alpha value is -1.51. The topological polar surface area (TPSA) is 130 Å². The number of piperidine rings is 1. The van der Waals surface area contributed by atoms with E-state index in [0.717, 1.165) is 42.9 Å². The van der Waals surface area contributed by atoms with Crippen LogP contribution in [-0.2, 0) is 11.3 Å². The largest absolute Gasteiger partial charge is 0.412 e. The van der Waals surface area contributed by atoms with E-state index in [0.29, 0.717) is 0 Å². The van der Waals surface area contributed by atoms with Gasteiger partial charge in [0.05, 0.1) is 23.7 Å². The lowest BCUT2D eigenvalue weighted by Crippen LogP contribution is -2.51. The number of fused-ring (bicyclic) bond motifs is 1. The van der Waals surface area contributed by atoms with Gasteiger partial charge in [0.2, 0.25) is 0 Å². The highest BCUT2D eigenvalue weighted by atomic mass is 16.5. The average Bonchev–Trinajstić information content (AvgIpc) is 2.83. The molecule has 0 amide bonds. The first-order chi connectivity index (χ1) is 9.26. The minimum Gasteiger partial charge on any atom is -0.412 e. The summed E-state index contributed by atoms with van der Waals surface area (Å²) in [5.74, 6) is 1.01. The molecule has 0 bridgehead atoms. The highest BCUT2D eigenvalue weighted by Gasteiger charge is 2.26. The fourth-order valence-corrected chi connectivity index (χ4v) is 2.68. The minimum atomic E-state index is 0. The van der Waals surface area contributed by atoms with E-state index >= 15 is 0 Å². The summed E-state index contributed by atoms with van der Waals surface area (Å²) in [6, 6.07) is 8.26. The van der Waals surface area contributed by atoms with Gasteiger partial charge in [-0.2, -0.15) is 0 Å². The molecule has 21 heavy (non-hydrogen) atoms. The molecule has 0 saturated carbocycles. The zero-order valence-electron chi connectivity index (χ0n) is 12.2. The van der Waals surface area contributed by atoms with Crippen molar-refractivity contribution in [3.8, 4) is 0 Å². The monoisotopic (exact) mass is 296 g/mol. The Bertz CT molecular complexity index is 527. The Balaban J connectivity index is 0.00000110. The van der Waals surface area contributed by atoms with Crippen LogP contribution in [0.25, 0.3) is 11.0 Å². The lowest BCUT2D eigenvalue weighted by atomic mass is 10.0. The van der Waals surface area contributed by atoms with Gasteiger partial charge in [-0.25, -0.2) is 4.98 Å². The number of aromatic nitrogens is 2. The predicted octanol–water partition coefficient (Wildman–Crippen LogP) is -0.538. The van der Waals surface area contributed by atoms with E-state index in [9.17, 15) is 0 Å². The van der Waals surface area contributed by atoms with Crippen LogP contribution in [0, 0.1) is 0 Å². The number of hydrogen-bond acceptors (Lipinski definition) is 4. The second kappa shape index (κ2) is 7.48. The summed E-state index contributed by atoms with van der Waals surface area (Å²) in [5, 5.41) is 0. The van der Waals surface area contributed by atoms with E-state index in [1.165, 1.54) is 0 Å². The van der Waals surface area contributed by atoms with Crippen molar-refractivity contribution in [2.24, 2.45) is 5.73 Å². The minimum absolute atomic E-state index is 0. The molecule has 7 heteroatoms. The van der Waals surface area contributed by atoms with Crippen LogP contribution >= 0.6 is 0 Å². The quantitative estimate of drug-likeness (QED) is 0.787. The van der Waals surface area contributed by atoms with E-state index in [1.54, 1.807) is 7.11 Å². The molecule has 2 unspecified atom stereocenters. The van der Waals surface area contributed by atoms with E-state index < -0.39 is 0 Å². The molecule has 2 atom stereocenters. The second-order valence-electron chi connectivity index (χ2n) is 5.16. The van der Waals surface area contributed by atoms with Gasteiger partial charge in [-0.3, -0.25) is 4.90 Å². The molecule has 1 aromatic carbocycles. The first-order valence-electron chi connectivity index (χ1n) is 6.70. The summed E-state index contributed by atoms with van der Waals surface area (Å²) in [7, 11) is 1.73. The first-order valence-corrected chi connectivity index (χ1v) is 6.70. The number of para-hydroxylation sites is 2. The Morgan fingerprint density at radius 2 is 2.14 bits per heavy atom. The smallest absolute Gasteiger partial charge is 0.121 e. The standard InChI is InChI=1S/C14H20N4O.2H2O/c1-19-13-8-18(7-6-10(13)15)9-14-16-11-4-2-3-5-12(11)17-14;;/h2-5,10,13H,6-9,15H2,1H3,(H,16,17);2*1H2. The number of nitrogens with two attached hydrogens (primary N) is 1. The molecule has 7 N–H and O–H groups in total. The molecule has 7 nitrogen and oxygen atoms in total. The Morgan fingerprint density at radius 3 is 2.86 bits per heavy atom. The van der Waals surface area contributed by atoms with Crippen molar-refractivity contribution in [1.29, 1.82) is 0 Å². The van der Waals surface area contributed by atoms with E-state index in [4.69, 9.17) is 10.5 Å². The molecule has 1 aliphatic heterocycles. The van der Waals surface area contributed by atoms with Crippen LogP contribution in [0.4, 0.5) is 0 Å². The average molecular weight is 296 g/mol. The molecule has 1 saturated heterocycles. The van der Waals surface area contributed by atoms with Crippen LogP contribution in [0.5, 0.6) is 0 Å². The summed E-state index contributed by atoms with van der Waals surface area (Å²) in [4.78, 5) is 10.3. The summed E-state index contributed by atoms with van der Waals surface area (Å²) in [6.07, 6.45) is 1.09. The van der Waals surface area contributed by atoms with Crippen LogP contribution in [0.15, 0.2) is 24.3 Å². The normalized spacial score (nSPS) is 22.6. The van der Waals surface area contributed by atoms with Gasteiger partial charge in [0.1, 0.15) is 5.82 Å². The van der Waals surface area contributed by atoms with Gasteiger partial charge in [0.25, 0.3) is 0 Å². The molecular formula is C14H24N4O3. The van der Waals surface area contributed by atoms with E-state index in [1.807, 2.05) is 18.2 Å². The van der Waals surface area contributed by atoms with Gasteiger partial charge in [0, 0.05) is 26.2 Å². The number of nitrogens with one attached hydrogen (secondary N) is 1. The first kappa shape index (κ1) is 17.5. The van der Waals surface area contributed by atoms with Gasteiger partial charge in [-0.05, 0) is 18.6 Å². The van der Waals surface area contributed by atoms with Crippen molar-refractivity contribution in [3.63, 3.8) is 0 Å². The van der Waals surface area contributed by atoms with E-state index in [-0.39, 0.29) is 23.1 Å². The predicted molar refractivity (Wildman–Crippen MR) is 82.0 cm³/mol. The molecule has 1 fully saturated rings. The lowest BCUT2D eigenvalue weighted by Gasteiger charge is -2.35. The highest BCUT2D eigenvalue weighted by molar-refractivity contribution is 5.74. The highest BCUT2D eigenvalue weighted by Crippen LogP contribution is 2.16. The summed E-state index contributed by atoms with van der Waals surface area (Å²) >= 11 is 0. The van der Waals surface area contributed by atoms with Crippen molar-refractivity contribution < 1.29 is 15.7 Å². The number of likely N-dealkylation sites (tertiary alicyclic amines) is 1. The fourth-order valence-electron chi connectivity index (χ4n) is 2.68. The van der Waals surface area contributed by atoms with Crippen LogP contribution in [0.3, 0.4) is 0 Å². The van der Waals surface area contributed by atoms with Gasteiger partial charge in [-0.15, -0.1) is 0 Å². The molecule has 0 spiro atoms. The second-order valence-corrected chi connectivity index (χ2v) is 5.16. The molecule has 2 aromatic rings. The Morgan fingerprint density at radius 1 is 1.38 bits per heavy atom. The summed E-state index contributed by atoms with van der Waals surface area (Å²) in [6.45, 7) is 2.69. The van der Waals surface area contributed by atoms with Crippen LogP contribution < -0.4 is 5.73 Å². The van der Waals surface area contributed by atoms with Crippen molar-refractivity contribution in [2.45, 2.75) is 25.1 Å². The molecule has 1 aromatic heterocycles. The van der Waals surface area contributed by atoms with Crippen molar-refractivity contribution in [3.05, 3.63) is 30.1 Å². The third-order valence-electron chi connectivity index (χ3n) is 3.81. The number of aromatic amines is 1. The van der Waals surface area contributed by atoms with Gasteiger partial charge in [0.15, 0.2) is 0 Å². The maximum Gasteiger partial charge on any atom is 0.121 e. The van der Waals surface area contributed by atoms with Crippen molar-refractivity contribution in [2.75, 3.05) is 20.2 Å². The number of benzene rings is 1. The molecule has 0 radical (unpaired) electrons. The fraction of sp³-hybridized carbons (Fsp3) is 0.500.